The Morgan fingerprint density at radius 1 is 0.889 bits per heavy atom. The van der Waals surface area contributed by atoms with Crippen LogP contribution in [0, 0.1) is 11.8 Å². The van der Waals surface area contributed by atoms with Crippen LogP contribution in [0.1, 0.15) is 65.2 Å². The zero-order chi connectivity index (χ0) is 18.5. The molecule has 154 valence electrons. The molecule has 0 N–H and O–H groups in total. The van der Waals surface area contributed by atoms with Gasteiger partial charge in [0.05, 0.1) is 55.4 Å². The van der Waals surface area contributed by atoms with Crippen molar-refractivity contribution < 1.29 is 23.7 Å². The van der Waals surface area contributed by atoms with Crippen molar-refractivity contribution in [2.24, 2.45) is 11.8 Å². The summed E-state index contributed by atoms with van der Waals surface area (Å²) in [7, 11) is 0. The van der Waals surface area contributed by atoms with Crippen LogP contribution in [-0.2, 0) is 23.7 Å². The van der Waals surface area contributed by atoms with Crippen LogP contribution in [0.15, 0.2) is 0 Å². The van der Waals surface area contributed by atoms with Crippen molar-refractivity contribution in [2.75, 3.05) is 26.4 Å². The average molecular weight is 381 g/mol. The van der Waals surface area contributed by atoms with E-state index in [-0.39, 0.29) is 17.3 Å². The van der Waals surface area contributed by atoms with Gasteiger partial charge >= 0.3 is 0 Å². The van der Waals surface area contributed by atoms with Crippen molar-refractivity contribution in [1.29, 1.82) is 0 Å². The molecule has 0 aromatic rings. The number of hydrogen-bond donors (Lipinski definition) is 0. The van der Waals surface area contributed by atoms with E-state index in [0.717, 1.165) is 26.1 Å². The predicted molar refractivity (Wildman–Crippen MR) is 101 cm³/mol. The molecule has 0 amide bonds. The van der Waals surface area contributed by atoms with Crippen LogP contribution in [0.3, 0.4) is 0 Å². The van der Waals surface area contributed by atoms with Gasteiger partial charge in [0.1, 0.15) is 0 Å². The van der Waals surface area contributed by atoms with Gasteiger partial charge in [0.2, 0.25) is 0 Å². The monoisotopic (exact) mass is 380 g/mol. The fraction of sp³-hybridized carbons (Fsp3) is 1.00. The highest BCUT2D eigenvalue weighted by Gasteiger charge is 2.56. The number of epoxide rings is 2. The molecule has 0 aromatic carbocycles. The zero-order valence-corrected chi connectivity index (χ0v) is 17.0. The highest BCUT2D eigenvalue weighted by Crippen LogP contribution is 2.51. The summed E-state index contributed by atoms with van der Waals surface area (Å²) < 4.78 is 29.6. The highest BCUT2D eigenvalue weighted by atomic mass is 16.6. The van der Waals surface area contributed by atoms with Gasteiger partial charge in [-0.1, -0.05) is 0 Å². The Hall–Kier alpha value is -0.200. The van der Waals surface area contributed by atoms with E-state index < -0.39 is 0 Å². The molecule has 5 rings (SSSR count). The quantitative estimate of drug-likeness (QED) is 0.500. The molecule has 5 heteroatoms. The molecule has 2 aliphatic carbocycles. The molecule has 2 saturated carbocycles. The topological polar surface area (TPSA) is 52.8 Å². The second-order valence-electron chi connectivity index (χ2n) is 10.0. The summed E-state index contributed by atoms with van der Waals surface area (Å²) in [4.78, 5) is 0. The molecule has 3 saturated heterocycles. The van der Waals surface area contributed by atoms with Crippen LogP contribution >= 0.6 is 0 Å². The second-order valence-corrected chi connectivity index (χ2v) is 10.0. The largest absolute Gasteiger partial charge is 0.379 e. The molecular weight excluding hydrogens is 344 g/mol. The minimum atomic E-state index is 0.208. The predicted octanol–water partition coefficient (Wildman–Crippen LogP) is 3.48. The van der Waals surface area contributed by atoms with Gasteiger partial charge in [-0.15, -0.1) is 0 Å². The van der Waals surface area contributed by atoms with E-state index in [1.165, 1.54) is 38.5 Å². The van der Waals surface area contributed by atoms with Gasteiger partial charge in [-0.25, -0.2) is 0 Å². The fourth-order valence-corrected chi connectivity index (χ4v) is 5.66. The van der Waals surface area contributed by atoms with E-state index >= 15 is 0 Å². The fourth-order valence-electron chi connectivity index (χ4n) is 5.66. The molecule has 5 fully saturated rings. The van der Waals surface area contributed by atoms with E-state index in [1.807, 2.05) is 0 Å². The van der Waals surface area contributed by atoms with Gasteiger partial charge in [-0.2, -0.15) is 0 Å². The van der Waals surface area contributed by atoms with Crippen molar-refractivity contribution in [2.45, 2.75) is 101 Å². The summed E-state index contributed by atoms with van der Waals surface area (Å²) in [5, 5.41) is 0. The van der Waals surface area contributed by atoms with E-state index in [0.29, 0.717) is 43.4 Å². The summed E-state index contributed by atoms with van der Waals surface area (Å²) in [5.74, 6) is 1.35. The number of fused-ring (bicyclic) bond motifs is 2. The third-order valence-electron chi connectivity index (χ3n) is 7.93. The number of rotatable bonds is 7. The average Bonchev–Trinajstić information content (AvgIpc) is 3.54. The smallest absolute Gasteiger partial charge is 0.0920 e. The minimum Gasteiger partial charge on any atom is -0.379 e. The standard InChI is InChI=1S/C22H36O5/c1-21-7-5-15(11-19(21)26-21)13-23-9-10-24-17-3-4-18(25-14-17)16-6-8-22(2)20(12-16)27-22/h15-20H,3-14H2,1-2H3. The first kappa shape index (κ1) is 18.8. The Morgan fingerprint density at radius 3 is 2.37 bits per heavy atom. The van der Waals surface area contributed by atoms with Gasteiger partial charge in [-0.05, 0) is 77.0 Å². The van der Waals surface area contributed by atoms with Crippen LogP contribution in [0.4, 0.5) is 0 Å². The lowest BCUT2D eigenvalue weighted by Crippen LogP contribution is -2.38. The van der Waals surface area contributed by atoms with E-state index in [4.69, 9.17) is 23.7 Å². The molecule has 0 spiro atoms. The molecule has 8 unspecified atom stereocenters. The molecule has 0 radical (unpaired) electrons. The third kappa shape index (κ3) is 4.09. The van der Waals surface area contributed by atoms with Crippen LogP contribution in [-0.4, -0.2) is 62.0 Å². The zero-order valence-electron chi connectivity index (χ0n) is 17.0. The Bertz CT molecular complexity index is 533. The SMILES string of the molecule is CC12CCC(COCCOC3CCC(C4CCC5(C)OC5C4)OC3)CC1O2. The first-order chi connectivity index (χ1) is 13.0. The number of ether oxygens (including phenoxy) is 5. The van der Waals surface area contributed by atoms with Crippen molar-refractivity contribution in [3.05, 3.63) is 0 Å². The van der Waals surface area contributed by atoms with Gasteiger partial charge in [0.15, 0.2) is 0 Å². The second kappa shape index (κ2) is 7.24. The van der Waals surface area contributed by atoms with Crippen molar-refractivity contribution in [3.8, 4) is 0 Å². The Kier molecular flexibility index (Phi) is 5.05. The summed E-state index contributed by atoms with van der Waals surface area (Å²) in [5.41, 5.74) is 0.418. The molecule has 27 heavy (non-hydrogen) atoms. The highest BCUT2D eigenvalue weighted by molar-refractivity contribution is 5.05. The first-order valence-electron chi connectivity index (χ1n) is 11.2. The van der Waals surface area contributed by atoms with Gasteiger partial charge in [-0.3, -0.25) is 0 Å². The van der Waals surface area contributed by atoms with Crippen LogP contribution in [0.25, 0.3) is 0 Å². The van der Waals surface area contributed by atoms with Gasteiger partial charge in [0, 0.05) is 6.61 Å². The van der Waals surface area contributed by atoms with E-state index in [9.17, 15) is 0 Å². The van der Waals surface area contributed by atoms with Crippen molar-refractivity contribution >= 4 is 0 Å². The van der Waals surface area contributed by atoms with Crippen LogP contribution in [0.5, 0.6) is 0 Å². The lowest BCUT2D eigenvalue weighted by atomic mass is 9.78. The maximum atomic E-state index is 6.17. The van der Waals surface area contributed by atoms with Crippen LogP contribution in [0.2, 0.25) is 0 Å². The Morgan fingerprint density at radius 2 is 1.67 bits per heavy atom. The summed E-state index contributed by atoms with van der Waals surface area (Å²) in [6, 6.07) is 0. The Balaban J connectivity index is 0.924. The molecule has 3 heterocycles. The molecule has 5 aliphatic rings. The van der Waals surface area contributed by atoms with Gasteiger partial charge in [0.25, 0.3) is 0 Å². The molecule has 0 bridgehead atoms. The summed E-state index contributed by atoms with van der Waals surface area (Å²) in [6.45, 7) is 7.47. The normalized spacial score (nSPS) is 51.3. The summed E-state index contributed by atoms with van der Waals surface area (Å²) >= 11 is 0. The maximum Gasteiger partial charge on any atom is 0.0920 e. The minimum absolute atomic E-state index is 0.208. The van der Waals surface area contributed by atoms with E-state index in [1.54, 1.807) is 0 Å². The first-order valence-corrected chi connectivity index (χ1v) is 11.2. The van der Waals surface area contributed by atoms with E-state index in [2.05, 4.69) is 13.8 Å². The molecule has 3 aliphatic heterocycles. The summed E-state index contributed by atoms with van der Waals surface area (Å²) in [6.07, 6.45) is 11.1. The number of hydrogen-bond acceptors (Lipinski definition) is 5. The molecular formula is C22H36O5. The van der Waals surface area contributed by atoms with Crippen molar-refractivity contribution in [3.63, 3.8) is 0 Å². The lowest BCUT2D eigenvalue weighted by molar-refractivity contribution is -0.113. The molecule has 0 aromatic heterocycles. The van der Waals surface area contributed by atoms with Crippen molar-refractivity contribution in [1.82, 2.24) is 0 Å². The maximum absolute atomic E-state index is 6.17. The van der Waals surface area contributed by atoms with Gasteiger partial charge < -0.3 is 23.7 Å². The Labute approximate surface area is 163 Å². The lowest BCUT2D eigenvalue weighted by Gasteiger charge is -2.35. The van der Waals surface area contributed by atoms with Crippen LogP contribution < -0.4 is 0 Å². The molecule has 5 nitrogen and oxygen atoms in total. The third-order valence-corrected chi connectivity index (χ3v) is 7.93. The molecule has 8 atom stereocenters.